The number of amides is 1. The molecule has 9 heteroatoms. The largest absolute Gasteiger partial charge is 0.345 e. The van der Waals surface area contributed by atoms with Gasteiger partial charge in [0.2, 0.25) is 0 Å². The van der Waals surface area contributed by atoms with Crippen LogP contribution in [0.25, 0.3) is 0 Å². The van der Waals surface area contributed by atoms with Crippen molar-refractivity contribution in [3.63, 3.8) is 0 Å². The van der Waals surface area contributed by atoms with Gasteiger partial charge in [-0.05, 0) is 29.7 Å². The number of pyridine rings is 1. The van der Waals surface area contributed by atoms with Crippen LogP contribution in [-0.4, -0.2) is 38.4 Å². The molecule has 0 fully saturated rings. The van der Waals surface area contributed by atoms with Gasteiger partial charge in [-0.15, -0.1) is 37.2 Å². The average molecular weight is 409 g/mol. The molecule has 3 rings (SSSR count). The second-order valence-electron chi connectivity index (χ2n) is 5.60. The maximum atomic E-state index is 12.1. The van der Waals surface area contributed by atoms with Crippen molar-refractivity contribution in [2.24, 2.45) is 7.05 Å². The smallest absolute Gasteiger partial charge is 0.287 e. The summed E-state index contributed by atoms with van der Waals surface area (Å²) in [7, 11) is 1.81. The van der Waals surface area contributed by atoms with Gasteiger partial charge in [-0.25, -0.2) is 4.98 Å². The minimum Gasteiger partial charge on any atom is -0.345 e. The summed E-state index contributed by atoms with van der Waals surface area (Å²) < 4.78 is 1.72. The van der Waals surface area contributed by atoms with Crippen molar-refractivity contribution in [1.82, 2.24) is 24.8 Å². The van der Waals surface area contributed by atoms with Gasteiger partial charge in [0.1, 0.15) is 0 Å². The summed E-state index contributed by atoms with van der Waals surface area (Å²) in [5.74, 6) is 0.269. The molecular formula is C16H24Cl3N5O. The van der Waals surface area contributed by atoms with Gasteiger partial charge in [0, 0.05) is 51.5 Å². The number of hydrogen-bond donors (Lipinski definition) is 1. The van der Waals surface area contributed by atoms with Gasteiger partial charge < -0.3 is 9.88 Å². The molecule has 1 aliphatic heterocycles. The van der Waals surface area contributed by atoms with Crippen LogP contribution in [0.1, 0.15) is 34.2 Å². The van der Waals surface area contributed by atoms with Gasteiger partial charge in [-0.2, -0.15) is 0 Å². The Morgan fingerprint density at radius 2 is 2.04 bits per heavy atom. The molecule has 140 valence electrons. The Bertz CT molecular complexity index is 692. The van der Waals surface area contributed by atoms with Gasteiger partial charge in [0.15, 0.2) is 5.82 Å². The molecule has 2 aromatic heterocycles. The third-order valence-corrected chi connectivity index (χ3v) is 4.22. The summed E-state index contributed by atoms with van der Waals surface area (Å²) in [6, 6.07) is 0. The van der Waals surface area contributed by atoms with Crippen molar-refractivity contribution in [2.45, 2.75) is 26.4 Å². The van der Waals surface area contributed by atoms with E-state index in [1.54, 1.807) is 17.0 Å². The fraction of sp³-hybridized carbons (Fsp3) is 0.438. The van der Waals surface area contributed by atoms with E-state index in [4.69, 9.17) is 0 Å². The molecule has 0 bridgehead atoms. The number of hydrogen-bond acceptors (Lipinski definition) is 4. The quantitative estimate of drug-likeness (QED) is 0.844. The van der Waals surface area contributed by atoms with E-state index in [9.17, 15) is 4.79 Å². The van der Waals surface area contributed by atoms with E-state index in [0.717, 1.165) is 31.6 Å². The number of nitrogens with one attached hydrogen (secondary N) is 1. The number of aryl methyl sites for hydroxylation is 1. The van der Waals surface area contributed by atoms with Crippen molar-refractivity contribution in [3.05, 3.63) is 47.3 Å². The number of carbonyl (C=O) groups excluding carboxylic acids is 1. The molecule has 1 amide bonds. The third-order valence-electron chi connectivity index (χ3n) is 4.22. The molecule has 0 unspecified atom stereocenters. The Morgan fingerprint density at radius 3 is 2.68 bits per heavy atom. The summed E-state index contributed by atoms with van der Waals surface area (Å²) in [4.78, 5) is 22.9. The second kappa shape index (κ2) is 10.6. The first-order valence-corrected chi connectivity index (χ1v) is 7.61. The monoisotopic (exact) mass is 407 g/mol. The number of fused-ring (bicyclic) bond motifs is 1. The number of nitrogens with zero attached hydrogens (tertiary/aromatic N) is 4. The number of rotatable bonds is 4. The Hall–Kier alpha value is -1.34. The number of likely N-dealkylation sites (N-methyl/N-ethyl adjacent to an activating group) is 1. The summed E-state index contributed by atoms with van der Waals surface area (Å²) in [5, 5.41) is 2.94. The van der Waals surface area contributed by atoms with Gasteiger partial charge in [-0.1, -0.05) is 6.92 Å². The van der Waals surface area contributed by atoms with Gasteiger partial charge >= 0.3 is 0 Å². The maximum Gasteiger partial charge on any atom is 0.287 e. The molecule has 0 radical (unpaired) electrons. The lowest BCUT2D eigenvalue weighted by Crippen LogP contribution is -2.32. The molecule has 0 aromatic carbocycles. The summed E-state index contributed by atoms with van der Waals surface area (Å²) in [6.45, 7) is 5.73. The highest BCUT2D eigenvalue weighted by molar-refractivity contribution is 5.90. The van der Waals surface area contributed by atoms with Gasteiger partial charge in [-0.3, -0.25) is 14.7 Å². The van der Waals surface area contributed by atoms with Crippen molar-refractivity contribution >= 4 is 43.1 Å². The van der Waals surface area contributed by atoms with Crippen molar-refractivity contribution in [2.75, 3.05) is 13.1 Å². The normalized spacial score (nSPS) is 12.9. The fourth-order valence-electron chi connectivity index (χ4n) is 2.89. The molecule has 3 heterocycles. The van der Waals surface area contributed by atoms with E-state index < -0.39 is 0 Å². The molecule has 2 aromatic rings. The first-order chi connectivity index (χ1) is 10.7. The molecule has 1 aliphatic rings. The molecule has 0 spiro atoms. The number of imidazole rings is 1. The summed E-state index contributed by atoms with van der Waals surface area (Å²) >= 11 is 0. The third kappa shape index (κ3) is 5.31. The van der Waals surface area contributed by atoms with Crippen LogP contribution in [0.15, 0.2) is 24.8 Å². The van der Waals surface area contributed by atoms with E-state index in [1.165, 1.54) is 11.1 Å². The summed E-state index contributed by atoms with van der Waals surface area (Å²) in [5.41, 5.74) is 3.72. The molecule has 1 N–H and O–H groups in total. The van der Waals surface area contributed by atoms with E-state index in [0.29, 0.717) is 12.4 Å². The Morgan fingerprint density at radius 1 is 1.28 bits per heavy atom. The van der Waals surface area contributed by atoms with Crippen LogP contribution >= 0.6 is 37.2 Å². The Kier molecular flexibility index (Phi) is 10.0. The standard InChI is InChI=1S/C16H21N5O.3ClH/c1-3-21-6-4-14-12(8-17-9-13(14)11-21)10-19-16(22)15-18-5-7-20(15)2;;;/h5,7-9H,3-4,6,10-11H2,1-2H3,(H,19,22);3*1H. The van der Waals surface area contributed by atoms with E-state index in [2.05, 4.69) is 27.1 Å². The lowest BCUT2D eigenvalue weighted by atomic mass is 9.97. The first kappa shape index (κ1) is 23.7. The Labute approximate surface area is 166 Å². The number of aromatic nitrogens is 3. The lowest BCUT2D eigenvalue weighted by molar-refractivity contribution is 0.0937. The van der Waals surface area contributed by atoms with E-state index >= 15 is 0 Å². The minimum atomic E-state index is -0.156. The number of halogens is 3. The van der Waals surface area contributed by atoms with Crippen molar-refractivity contribution < 1.29 is 4.79 Å². The maximum absolute atomic E-state index is 12.1. The van der Waals surface area contributed by atoms with Crippen molar-refractivity contribution in [3.8, 4) is 0 Å². The Balaban J connectivity index is 0.00000192. The zero-order valence-corrected chi connectivity index (χ0v) is 16.7. The molecule has 0 saturated heterocycles. The van der Waals surface area contributed by atoms with Crippen LogP contribution in [0.5, 0.6) is 0 Å². The highest BCUT2D eigenvalue weighted by Gasteiger charge is 2.18. The fourth-order valence-corrected chi connectivity index (χ4v) is 2.89. The molecular weight excluding hydrogens is 385 g/mol. The van der Waals surface area contributed by atoms with Crippen LogP contribution in [0.4, 0.5) is 0 Å². The van der Waals surface area contributed by atoms with Crippen LogP contribution in [0.3, 0.4) is 0 Å². The van der Waals surface area contributed by atoms with Gasteiger partial charge in [0.25, 0.3) is 5.91 Å². The highest BCUT2D eigenvalue weighted by Crippen LogP contribution is 2.21. The molecule has 25 heavy (non-hydrogen) atoms. The minimum absolute atomic E-state index is 0. The van der Waals surface area contributed by atoms with Crippen LogP contribution in [-0.2, 0) is 26.6 Å². The average Bonchev–Trinajstić information content (AvgIpc) is 2.98. The predicted molar refractivity (Wildman–Crippen MR) is 105 cm³/mol. The second-order valence-corrected chi connectivity index (χ2v) is 5.60. The zero-order chi connectivity index (χ0) is 15.5. The summed E-state index contributed by atoms with van der Waals surface area (Å²) in [6.07, 6.45) is 8.21. The molecule has 0 aliphatic carbocycles. The van der Waals surface area contributed by atoms with Crippen LogP contribution in [0, 0.1) is 0 Å². The first-order valence-electron chi connectivity index (χ1n) is 7.61. The predicted octanol–water partition coefficient (Wildman–Crippen LogP) is 2.39. The lowest BCUT2D eigenvalue weighted by Gasteiger charge is -2.28. The molecule has 0 saturated carbocycles. The van der Waals surface area contributed by atoms with Gasteiger partial charge in [0.05, 0.1) is 0 Å². The van der Waals surface area contributed by atoms with Crippen LogP contribution < -0.4 is 5.32 Å². The van der Waals surface area contributed by atoms with Crippen LogP contribution in [0.2, 0.25) is 0 Å². The topological polar surface area (TPSA) is 63.1 Å². The zero-order valence-electron chi connectivity index (χ0n) is 14.3. The highest BCUT2D eigenvalue weighted by atomic mass is 35.5. The van der Waals surface area contributed by atoms with E-state index in [1.807, 2.05) is 19.4 Å². The molecule has 6 nitrogen and oxygen atoms in total. The van der Waals surface area contributed by atoms with Crippen molar-refractivity contribution in [1.29, 1.82) is 0 Å². The SMILES string of the molecule is CCN1CCc2c(CNC(=O)c3nccn3C)cncc2C1.Cl.Cl.Cl. The number of carbonyl (C=O) groups is 1. The van der Waals surface area contributed by atoms with E-state index in [-0.39, 0.29) is 43.1 Å². The molecule has 0 atom stereocenters.